The smallest absolute Gasteiger partial charge is 0.247 e. The number of rotatable bonds is 8. The molecule has 0 aliphatic carbocycles. The SMILES string of the molecule is CC(=NNc1cc(Nc2ccccc2)nc(NN=C(C)c2ccncc2)n1)c1ccncc1. The molecule has 4 rings (SSSR count). The van der Waals surface area contributed by atoms with Crippen molar-refractivity contribution in [3.05, 3.63) is 96.6 Å². The number of pyridine rings is 2. The summed E-state index contributed by atoms with van der Waals surface area (Å²) in [4.78, 5) is 17.1. The third kappa shape index (κ3) is 6.17. The summed E-state index contributed by atoms with van der Waals surface area (Å²) in [6, 6.07) is 19.1. The van der Waals surface area contributed by atoms with Gasteiger partial charge in [0.15, 0.2) is 5.82 Å². The van der Waals surface area contributed by atoms with Gasteiger partial charge in [0.1, 0.15) is 5.82 Å². The van der Waals surface area contributed by atoms with E-state index in [1.165, 1.54) is 0 Å². The zero-order valence-corrected chi connectivity index (χ0v) is 18.3. The summed E-state index contributed by atoms with van der Waals surface area (Å²) in [7, 11) is 0. The van der Waals surface area contributed by atoms with Crippen LogP contribution in [0.3, 0.4) is 0 Å². The zero-order chi connectivity index (χ0) is 22.9. The second-order valence-corrected chi connectivity index (χ2v) is 7.04. The number of hydrazone groups is 2. The van der Waals surface area contributed by atoms with Crippen molar-refractivity contribution in [2.24, 2.45) is 10.2 Å². The van der Waals surface area contributed by atoms with Gasteiger partial charge in [0.2, 0.25) is 5.95 Å². The van der Waals surface area contributed by atoms with Gasteiger partial charge in [0.05, 0.1) is 11.4 Å². The van der Waals surface area contributed by atoms with Gasteiger partial charge in [-0.3, -0.25) is 15.4 Å². The number of anilines is 4. The first-order valence-electron chi connectivity index (χ1n) is 10.3. The Balaban J connectivity index is 1.59. The van der Waals surface area contributed by atoms with Crippen molar-refractivity contribution in [3.63, 3.8) is 0 Å². The zero-order valence-electron chi connectivity index (χ0n) is 18.3. The predicted octanol–water partition coefficient (Wildman–Crippen LogP) is 4.68. The molecule has 0 spiro atoms. The minimum absolute atomic E-state index is 0.323. The van der Waals surface area contributed by atoms with Crippen LogP contribution in [0, 0.1) is 0 Å². The maximum atomic E-state index is 4.53. The van der Waals surface area contributed by atoms with Crippen LogP contribution in [0.15, 0.2) is 95.7 Å². The minimum atomic E-state index is 0.323. The highest BCUT2D eigenvalue weighted by molar-refractivity contribution is 5.99. The fourth-order valence-corrected chi connectivity index (χ4v) is 2.88. The molecule has 9 nitrogen and oxygen atoms in total. The largest absolute Gasteiger partial charge is 0.340 e. The Kier molecular flexibility index (Phi) is 6.92. The van der Waals surface area contributed by atoms with Gasteiger partial charge in [-0.05, 0) is 50.2 Å². The molecule has 0 radical (unpaired) electrons. The minimum Gasteiger partial charge on any atom is -0.340 e. The van der Waals surface area contributed by atoms with E-state index in [-0.39, 0.29) is 0 Å². The van der Waals surface area contributed by atoms with E-state index in [0.29, 0.717) is 17.6 Å². The molecule has 4 aromatic rings. The van der Waals surface area contributed by atoms with Gasteiger partial charge < -0.3 is 5.32 Å². The lowest BCUT2D eigenvalue weighted by atomic mass is 10.2. The summed E-state index contributed by atoms with van der Waals surface area (Å²) < 4.78 is 0. The van der Waals surface area contributed by atoms with Crippen molar-refractivity contribution in [3.8, 4) is 0 Å². The van der Waals surface area contributed by atoms with E-state index in [9.17, 15) is 0 Å². The van der Waals surface area contributed by atoms with Gasteiger partial charge in [0.25, 0.3) is 0 Å². The standard InChI is InChI=1S/C24H23N9/c1-17(19-8-12-25-13-9-19)30-32-23-16-22(27-21-6-4-3-5-7-21)28-24(29-23)33-31-18(2)20-10-14-26-15-11-20/h3-16H,1-2H3,(H3,27,28,29,32,33). The Labute approximate surface area is 191 Å². The number of aromatic nitrogens is 4. The first-order chi connectivity index (χ1) is 16.2. The molecule has 3 N–H and O–H groups in total. The lowest BCUT2D eigenvalue weighted by molar-refractivity contribution is 1.10. The molecule has 164 valence electrons. The van der Waals surface area contributed by atoms with Crippen molar-refractivity contribution in [1.29, 1.82) is 0 Å². The average molecular weight is 438 g/mol. The molecule has 0 fully saturated rings. The highest BCUT2D eigenvalue weighted by Gasteiger charge is 2.06. The number of para-hydroxylation sites is 1. The van der Waals surface area contributed by atoms with Crippen LogP contribution in [0.1, 0.15) is 25.0 Å². The lowest BCUT2D eigenvalue weighted by Crippen LogP contribution is -2.07. The molecule has 0 atom stereocenters. The van der Waals surface area contributed by atoms with Crippen LogP contribution in [-0.4, -0.2) is 31.4 Å². The van der Waals surface area contributed by atoms with Gasteiger partial charge in [-0.15, -0.1) is 0 Å². The molecular formula is C24H23N9. The Morgan fingerprint density at radius 1 is 0.667 bits per heavy atom. The first kappa shape index (κ1) is 21.6. The second-order valence-electron chi connectivity index (χ2n) is 7.04. The van der Waals surface area contributed by atoms with Crippen molar-refractivity contribution in [2.75, 3.05) is 16.2 Å². The molecule has 0 aliphatic heterocycles. The summed E-state index contributed by atoms with van der Waals surface area (Å²) in [6.45, 7) is 3.81. The van der Waals surface area contributed by atoms with Crippen LogP contribution in [0.25, 0.3) is 0 Å². The Hall–Kier alpha value is -4.66. The van der Waals surface area contributed by atoms with Crippen LogP contribution in [0.4, 0.5) is 23.3 Å². The third-order valence-electron chi connectivity index (χ3n) is 4.63. The number of hydrogen-bond acceptors (Lipinski definition) is 9. The fraction of sp³-hybridized carbons (Fsp3) is 0.0833. The van der Waals surface area contributed by atoms with Crippen molar-refractivity contribution < 1.29 is 0 Å². The quantitative estimate of drug-likeness (QED) is 0.271. The summed E-state index contributed by atoms with van der Waals surface area (Å²) >= 11 is 0. The number of hydrogen-bond donors (Lipinski definition) is 3. The van der Waals surface area contributed by atoms with E-state index in [0.717, 1.165) is 28.2 Å². The Bertz CT molecular complexity index is 1170. The molecule has 9 heteroatoms. The van der Waals surface area contributed by atoms with Crippen molar-refractivity contribution in [1.82, 2.24) is 19.9 Å². The molecule has 0 aliphatic rings. The van der Waals surface area contributed by atoms with Crippen molar-refractivity contribution >= 4 is 34.7 Å². The van der Waals surface area contributed by atoms with Crippen LogP contribution < -0.4 is 16.2 Å². The van der Waals surface area contributed by atoms with Crippen molar-refractivity contribution in [2.45, 2.75) is 13.8 Å². The summed E-state index contributed by atoms with van der Waals surface area (Å²) in [5, 5.41) is 12.1. The lowest BCUT2D eigenvalue weighted by Gasteiger charge is -2.10. The van der Waals surface area contributed by atoms with E-state index in [4.69, 9.17) is 0 Å². The van der Waals surface area contributed by atoms with Gasteiger partial charge in [-0.2, -0.15) is 20.2 Å². The maximum Gasteiger partial charge on any atom is 0.247 e. The summed E-state index contributed by atoms with van der Waals surface area (Å²) in [6.07, 6.45) is 6.90. The predicted molar refractivity (Wildman–Crippen MR) is 132 cm³/mol. The normalized spacial score (nSPS) is 11.7. The monoisotopic (exact) mass is 437 g/mol. The average Bonchev–Trinajstić information content (AvgIpc) is 2.87. The molecule has 0 amide bonds. The van der Waals surface area contributed by atoms with Gasteiger partial charge in [-0.25, -0.2) is 5.43 Å². The number of nitrogens with zero attached hydrogens (tertiary/aromatic N) is 6. The van der Waals surface area contributed by atoms with E-state index in [2.05, 4.69) is 46.3 Å². The van der Waals surface area contributed by atoms with E-state index in [1.807, 2.05) is 68.4 Å². The number of nitrogens with one attached hydrogen (secondary N) is 3. The molecule has 33 heavy (non-hydrogen) atoms. The van der Waals surface area contributed by atoms with E-state index >= 15 is 0 Å². The molecule has 0 saturated carbocycles. The second kappa shape index (κ2) is 10.6. The molecule has 3 heterocycles. The third-order valence-corrected chi connectivity index (χ3v) is 4.63. The van der Waals surface area contributed by atoms with Crippen LogP contribution in [0.2, 0.25) is 0 Å². The highest BCUT2D eigenvalue weighted by atomic mass is 15.4. The number of benzene rings is 1. The van der Waals surface area contributed by atoms with E-state index in [1.54, 1.807) is 30.9 Å². The van der Waals surface area contributed by atoms with Crippen LogP contribution in [-0.2, 0) is 0 Å². The van der Waals surface area contributed by atoms with Gasteiger partial charge in [-0.1, -0.05) is 18.2 Å². The maximum absolute atomic E-state index is 4.53. The molecular weight excluding hydrogens is 414 g/mol. The summed E-state index contributed by atoms with van der Waals surface area (Å²) in [5.41, 5.74) is 10.3. The summed E-state index contributed by atoms with van der Waals surface area (Å²) in [5.74, 6) is 1.43. The first-order valence-corrected chi connectivity index (χ1v) is 10.3. The van der Waals surface area contributed by atoms with E-state index < -0.39 is 0 Å². The van der Waals surface area contributed by atoms with Gasteiger partial charge in [0, 0.05) is 47.7 Å². The Morgan fingerprint density at radius 3 is 1.82 bits per heavy atom. The van der Waals surface area contributed by atoms with Crippen LogP contribution >= 0.6 is 0 Å². The fourth-order valence-electron chi connectivity index (χ4n) is 2.88. The molecule has 0 saturated heterocycles. The topological polar surface area (TPSA) is 112 Å². The van der Waals surface area contributed by atoms with Gasteiger partial charge >= 0.3 is 0 Å². The molecule has 1 aromatic carbocycles. The Morgan fingerprint density at radius 2 is 1.21 bits per heavy atom. The molecule has 0 unspecified atom stereocenters. The molecule has 3 aromatic heterocycles. The highest BCUT2D eigenvalue weighted by Crippen LogP contribution is 2.19. The molecule has 0 bridgehead atoms. The van der Waals surface area contributed by atoms with Crippen LogP contribution in [0.5, 0.6) is 0 Å².